The summed E-state index contributed by atoms with van der Waals surface area (Å²) < 4.78 is 5.39. The summed E-state index contributed by atoms with van der Waals surface area (Å²) in [5.74, 6) is 0.630. The van der Waals surface area contributed by atoms with Crippen LogP contribution in [0.2, 0.25) is 0 Å². The van der Waals surface area contributed by atoms with E-state index < -0.39 is 5.54 Å². The van der Waals surface area contributed by atoms with Gasteiger partial charge in [0.1, 0.15) is 5.75 Å². The average molecular weight is 382 g/mol. The number of ether oxygens (including phenoxy) is 1. The number of aromatic amines is 1. The third kappa shape index (κ3) is 2.85. The number of nitrogens with one attached hydrogen (secondary N) is 1. The van der Waals surface area contributed by atoms with Crippen molar-refractivity contribution < 1.29 is 14.3 Å². The van der Waals surface area contributed by atoms with E-state index in [1.165, 1.54) is 0 Å². The lowest BCUT2D eigenvalue weighted by molar-refractivity contribution is -0.139. The van der Waals surface area contributed by atoms with Gasteiger partial charge in [0, 0.05) is 38.7 Å². The van der Waals surface area contributed by atoms with Crippen LogP contribution in [0.1, 0.15) is 47.1 Å². The molecule has 7 nitrogen and oxygen atoms in total. The number of hydrogen-bond acceptors (Lipinski definition) is 4. The Labute approximate surface area is 164 Å². The van der Waals surface area contributed by atoms with Crippen molar-refractivity contribution in [1.29, 1.82) is 0 Å². The summed E-state index contributed by atoms with van der Waals surface area (Å²) in [5, 5.41) is 0. The Kier molecular flexibility index (Phi) is 4.61. The zero-order chi connectivity index (χ0) is 19.9. The first-order chi connectivity index (χ1) is 13.5. The van der Waals surface area contributed by atoms with Crippen LogP contribution in [-0.4, -0.2) is 58.3 Å². The maximum atomic E-state index is 13.2. The number of amides is 2. The monoisotopic (exact) mass is 382 g/mol. The Morgan fingerprint density at radius 2 is 1.96 bits per heavy atom. The number of likely N-dealkylation sites (tertiary alicyclic amines) is 1. The van der Waals surface area contributed by atoms with Crippen molar-refractivity contribution >= 4 is 11.8 Å². The van der Waals surface area contributed by atoms with Gasteiger partial charge in [0.05, 0.1) is 30.2 Å². The minimum atomic E-state index is -0.424. The molecule has 7 heteroatoms. The van der Waals surface area contributed by atoms with Crippen molar-refractivity contribution in [2.75, 3.05) is 26.7 Å². The first kappa shape index (κ1) is 18.5. The molecule has 1 spiro atoms. The SMILES string of the molecule is COc1ccc(C)cc1C(=O)N1CCC2(CC1)c1nc[nH]c1CCN2C(C)=O. The fourth-order valence-electron chi connectivity index (χ4n) is 4.68. The largest absolute Gasteiger partial charge is 0.496 e. The summed E-state index contributed by atoms with van der Waals surface area (Å²) >= 11 is 0. The molecule has 1 saturated heterocycles. The molecule has 1 aromatic carbocycles. The number of nitrogens with zero attached hydrogens (tertiary/aromatic N) is 3. The zero-order valence-electron chi connectivity index (χ0n) is 16.6. The summed E-state index contributed by atoms with van der Waals surface area (Å²) in [7, 11) is 1.58. The number of imidazole rings is 1. The molecule has 28 heavy (non-hydrogen) atoms. The maximum absolute atomic E-state index is 13.2. The van der Waals surface area contributed by atoms with E-state index in [-0.39, 0.29) is 11.8 Å². The number of piperidine rings is 1. The van der Waals surface area contributed by atoms with Gasteiger partial charge in [-0.3, -0.25) is 9.59 Å². The Morgan fingerprint density at radius 3 is 2.64 bits per heavy atom. The highest BCUT2D eigenvalue weighted by molar-refractivity contribution is 5.97. The van der Waals surface area contributed by atoms with Crippen molar-refractivity contribution in [3.63, 3.8) is 0 Å². The van der Waals surface area contributed by atoms with Crippen LogP contribution in [0.5, 0.6) is 5.75 Å². The summed E-state index contributed by atoms with van der Waals surface area (Å²) in [6.45, 7) is 5.42. The number of fused-ring (bicyclic) bond motifs is 2. The van der Waals surface area contributed by atoms with Gasteiger partial charge in [-0.05, 0) is 31.9 Å². The van der Waals surface area contributed by atoms with Crippen molar-refractivity contribution in [3.8, 4) is 5.75 Å². The van der Waals surface area contributed by atoms with Crippen LogP contribution in [0.4, 0.5) is 0 Å². The highest BCUT2D eigenvalue weighted by atomic mass is 16.5. The molecule has 148 valence electrons. The van der Waals surface area contributed by atoms with Gasteiger partial charge >= 0.3 is 0 Å². The molecule has 2 amide bonds. The van der Waals surface area contributed by atoms with Crippen LogP contribution in [0.15, 0.2) is 24.5 Å². The quantitative estimate of drug-likeness (QED) is 0.864. The number of H-pyrrole nitrogens is 1. The number of hydrogen-bond donors (Lipinski definition) is 1. The van der Waals surface area contributed by atoms with Crippen LogP contribution in [0, 0.1) is 6.92 Å². The molecule has 2 aliphatic rings. The van der Waals surface area contributed by atoms with Gasteiger partial charge < -0.3 is 19.5 Å². The molecule has 1 N–H and O–H groups in total. The number of carbonyl (C=O) groups is 2. The van der Waals surface area contributed by atoms with Gasteiger partial charge in [0.25, 0.3) is 5.91 Å². The van der Waals surface area contributed by atoms with E-state index in [1.807, 2.05) is 34.9 Å². The van der Waals surface area contributed by atoms with Gasteiger partial charge in [-0.15, -0.1) is 0 Å². The van der Waals surface area contributed by atoms with Gasteiger partial charge in [-0.25, -0.2) is 4.98 Å². The number of aryl methyl sites for hydroxylation is 1. The predicted molar refractivity (Wildman–Crippen MR) is 104 cm³/mol. The molecule has 1 fully saturated rings. The Bertz CT molecular complexity index is 912. The number of benzene rings is 1. The Morgan fingerprint density at radius 1 is 1.21 bits per heavy atom. The van der Waals surface area contributed by atoms with Crippen molar-refractivity contribution in [1.82, 2.24) is 19.8 Å². The fourth-order valence-corrected chi connectivity index (χ4v) is 4.68. The summed E-state index contributed by atoms with van der Waals surface area (Å²) in [4.78, 5) is 37.1. The zero-order valence-corrected chi connectivity index (χ0v) is 16.6. The van der Waals surface area contributed by atoms with Crippen LogP contribution < -0.4 is 4.74 Å². The number of aromatic nitrogens is 2. The summed E-state index contributed by atoms with van der Waals surface area (Å²) in [5.41, 5.74) is 3.26. The second-order valence-corrected chi connectivity index (χ2v) is 7.68. The molecule has 3 heterocycles. The fraction of sp³-hybridized carbons (Fsp3) is 0.476. The normalized spacial score (nSPS) is 18.1. The molecular weight excluding hydrogens is 356 g/mol. The van der Waals surface area contributed by atoms with Gasteiger partial charge in [0.2, 0.25) is 5.91 Å². The lowest BCUT2D eigenvalue weighted by Gasteiger charge is -2.50. The van der Waals surface area contributed by atoms with E-state index in [9.17, 15) is 9.59 Å². The summed E-state index contributed by atoms with van der Waals surface area (Å²) in [6, 6.07) is 5.65. The Hall–Kier alpha value is -2.83. The minimum Gasteiger partial charge on any atom is -0.496 e. The van der Waals surface area contributed by atoms with E-state index >= 15 is 0 Å². The van der Waals surface area contributed by atoms with E-state index in [4.69, 9.17) is 4.74 Å². The van der Waals surface area contributed by atoms with E-state index in [0.29, 0.717) is 43.8 Å². The maximum Gasteiger partial charge on any atom is 0.257 e. The molecule has 0 radical (unpaired) electrons. The molecule has 2 aromatic rings. The number of carbonyl (C=O) groups excluding carboxylic acids is 2. The topological polar surface area (TPSA) is 78.5 Å². The molecular formula is C21H26N4O3. The van der Waals surface area contributed by atoms with Crippen molar-refractivity contribution in [3.05, 3.63) is 47.0 Å². The van der Waals surface area contributed by atoms with E-state index in [1.54, 1.807) is 20.4 Å². The van der Waals surface area contributed by atoms with E-state index in [2.05, 4.69) is 9.97 Å². The molecule has 2 aliphatic heterocycles. The van der Waals surface area contributed by atoms with Gasteiger partial charge in [-0.2, -0.15) is 0 Å². The summed E-state index contributed by atoms with van der Waals surface area (Å²) in [6.07, 6.45) is 3.87. The lowest BCUT2D eigenvalue weighted by Crippen LogP contribution is -2.58. The molecule has 4 rings (SSSR count). The standard InChI is InChI=1S/C21H26N4O3/c1-14-4-5-18(28-3)16(12-14)20(27)24-10-7-21(8-11-24)19-17(22-13-23-19)6-9-25(21)15(2)26/h4-5,12-13H,6-11H2,1-3H3,(H,22,23). The first-order valence-electron chi connectivity index (χ1n) is 9.71. The highest BCUT2D eigenvalue weighted by Crippen LogP contribution is 2.42. The predicted octanol–water partition coefficient (Wildman–Crippen LogP) is 2.26. The molecule has 0 unspecified atom stereocenters. The van der Waals surface area contributed by atoms with Crippen molar-refractivity contribution in [2.45, 2.75) is 38.6 Å². The highest BCUT2D eigenvalue weighted by Gasteiger charge is 2.48. The molecule has 0 bridgehead atoms. The Balaban J connectivity index is 1.60. The van der Waals surface area contributed by atoms with Crippen LogP contribution in [-0.2, 0) is 16.8 Å². The molecule has 0 saturated carbocycles. The van der Waals surface area contributed by atoms with Crippen molar-refractivity contribution in [2.24, 2.45) is 0 Å². The number of rotatable bonds is 2. The second kappa shape index (κ2) is 6.96. The lowest BCUT2D eigenvalue weighted by atomic mass is 9.78. The molecule has 1 aromatic heterocycles. The van der Waals surface area contributed by atoms with Crippen LogP contribution >= 0.6 is 0 Å². The first-order valence-corrected chi connectivity index (χ1v) is 9.71. The van der Waals surface area contributed by atoms with Crippen LogP contribution in [0.25, 0.3) is 0 Å². The van der Waals surface area contributed by atoms with Gasteiger partial charge in [-0.1, -0.05) is 11.6 Å². The molecule has 0 aliphatic carbocycles. The third-order valence-electron chi connectivity index (χ3n) is 6.10. The van der Waals surface area contributed by atoms with Crippen LogP contribution in [0.3, 0.4) is 0 Å². The minimum absolute atomic E-state index is 0.0252. The van der Waals surface area contributed by atoms with Gasteiger partial charge in [0.15, 0.2) is 0 Å². The number of methoxy groups -OCH3 is 1. The molecule has 0 atom stereocenters. The second-order valence-electron chi connectivity index (χ2n) is 7.68. The smallest absolute Gasteiger partial charge is 0.257 e. The van der Waals surface area contributed by atoms with E-state index in [0.717, 1.165) is 23.4 Å². The average Bonchev–Trinajstić information content (AvgIpc) is 3.18. The third-order valence-corrected chi connectivity index (χ3v) is 6.10.